The molecule has 1 unspecified atom stereocenters. The summed E-state index contributed by atoms with van der Waals surface area (Å²) in [4.78, 5) is 11.5. The lowest BCUT2D eigenvalue weighted by atomic mass is 10.2. The van der Waals surface area contributed by atoms with Gasteiger partial charge in [0.25, 0.3) is 0 Å². The van der Waals surface area contributed by atoms with Crippen molar-refractivity contribution in [2.24, 2.45) is 5.73 Å². The van der Waals surface area contributed by atoms with Crippen molar-refractivity contribution in [2.45, 2.75) is 12.5 Å². The van der Waals surface area contributed by atoms with Crippen LogP contribution in [-0.2, 0) is 4.79 Å². The molecule has 2 aromatic rings. The summed E-state index contributed by atoms with van der Waals surface area (Å²) in [6.45, 7) is -0.0213. The van der Waals surface area contributed by atoms with E-state index in [1.807, 2.05) is 35.1 Å². The van der Waals surface area contributed by atoms with Gasteiger partial charge in [0.15, 0.2) is 11.5 Å². The first-order chi connectivity index (χ1) is 9.26. The lowest BCUT2D eigenvalue weighted by Crippen LogP contribution is -2.35. The highest BCUT2D eigenvalue weighted by atomic mass is 35.5. The first-order valence-electron chi connectivity index (χ1n) is 6.04. The number of hydrogen-bond donors (Lipinski definition) is 2. The van der Waals surface area contributed by atoms with Crippen LogP contribution in [0.5, 0.6) is 0 Å². The average Bonchev–Trinajstić information content (AvgIpc) is 2.87. The summed E-state index contributed by atoms with van der Waals surface area (Å²) in [6.07, 6.45) is 4.72. The molecule has 0 fully saturated rings. The number of halogens is 2. The van der Waals surface area contributed by atoms with E-state index < -0.39 is 0 Å². The standard InChI is InChI=1S/C12H17N5OS.2ClH/c1-19-7-5-9(14-11(18)8-13)12-16-15-10-4-2-3-6-17(10)12;;/h2-4,6,9H,5,7-8,13H2,1H3,(H,14,18);2*1H. The third-order valence-electron chi connectivity index (χ3n) is 2.78. The van der Waals surface area contributed by atoms with E-state index in [0.29, 0.717) is 0 Å². The molecule has 0 saturated heterocycles. The molecule has 2 heterocycles. The number of pyridine rings is 1. The van der Waals surface area contributed by atoms with Crippen LogP contribution in [0.1, 0.15) is 18.3 Å². The van der Waals surface area contributed by atoms with E-state index >= 15 is 0 Å². The summed E-state index contributed by atoms with van der Waals surface area (Å²) >= 11 is 1.73. The molecule has 1 amide bonds. The van der Waals surface area contributed by atoms with Crippen LogP contribution >= 0.6 is 36.6 Å². The van der Waals surface area contributed by atoms with Crippen molar-refractivity contribution < 1.29 is 4.79 Å². The second-order valence-corrected chi connectivity index (χ2v) is 5.08. The fraction of sp³-hybridized carbons (Fsp3) is 0.417. The minimum Gasteiger partial charge on any atom is -0.345 e. The largest absolute Gasteiger partial charge is 0.345 e. The number of rotatable bonds is 6. The molecule has 2 rings (SSSR count). The molecule has 0 aliphatic heterocycles. The van der Waals surface area contributed by atoms with Crippen molar-refractivity contribution in [3.05, 3.63) is 30.2 Å². The number of amides is 1. The van der Waals surface area contributed by atoms with Crippen molar-refractivity contribution in [3.63, 3.8) is 0 Å². The summed E-state index contributed by atoms with van der Waals surface area (Å²) < 4.78 is 1.89. The molecule has 0 bridgehead atoms. The van der Waals surface area contributed by atoms with Gasteiger partial charge in [-0.05, 0) is 30.6 Å². The highest BCUT2D eigenvalue weighted by Gasteiger charge is 2.19. The number of aromatic nitrogens is 3. The smallest absolute Gasteiger partial charge is 0.234 e. The highest BCUT2D eigenvalue weighted by Crippen LogP contribution is 2.17. The quantitative estimate of drug-likeness (QED) is 0.822. The van der Waals surface area contributed by atoms with Crippen LogP contribution in [0.3, 0.4) is 0 Å². The van der Waals surface area contributed by atoms with Gasteiger partial charge in [-0.2, -0.15) is 11.8 Å². The summed E-state index contributed by atoms with van der Waals surface area (Å²) in [6, 6.07) is 5.53. The van der Waals surface area contributed by atoms with Crippen LogP contribution in [0.4, 0.5) is 0 Å². The maximum atomic E-state index is 11.5. The van der Waals surface area contributed by atoms with Crippen LogP contribution < -0.4 is 11.1 Å². The minimum absolute atomic E-state index is 0. The Morgan fingerprint density at radius 3 is 2.86 bits per heavy atom. The van der Waals surface area contributed by atoms with Gasteiger partial charge in [-0.1, -0.05) is 6.07 Å². The van der Waals surface area contributed by atoms with Gasteiger partial charge in [-0.25, -0.2) is 0 Å². The summed E-state index contributed by atoms with van der Waals surface area (Å²) in [5, 5.41) is 11.2. The fourth-order valence-electron chi connectivity index (χ4n) is 1.85. The van der Waals surface area contributed by atoms with Gasteiger partial charge < -0.3 is 11.1 Å². The van der Waals surface area contributed by atoms with E-state index in [2.05, 4.69) is 15.5 Å². The van der Waals surface area contributed by atoms with E-state index in [4.69, 9.17) is 5.73 Å². The van der Waals surface area contributed by atoms with Crippen molar-refractivity contribution in [1.29, 1.82) is 0 Å². The van der Waals surface area contributed by atoms with Crippen molar-refractivity contribution in [2.75, 3.05) is 18.6 Å². The van der Waals surface area contributed by atoms with Gasteiger partial charge in [-0.3, -0.25) is 9.20 Å². The Morgan fingerprint density at radius 1 is 1.43 bits per heavy atom. The van der Waals surface area contributed by atoms with Crippen LogP contribution in [0.2, 0.25) is 0 Å². The first-order valence-corrected chi connectivity index (χ1v) is 7.43. The highest BCUT2D eigenvalue weighted by molar-refractivity contribution is 7.98. The van der Waals surface area contributed by atoms with Gasteiger partial charge in [0.1, 0.15) is 0 Å². The predicted molar refractivity (Wildman–Crippen MR) is 90.4 cm³/mol. The lowest BCUT2D eigenvalue weighted by molar-refractivity contribution is -0.120. The molecule has 0 saturated carbocycles. The SMILES string of the molecule is CSCCC(NC(=O)CN)c1nnc2ccccn12.Cl.Cl. The monoisotopic (exact) mass is 351 g/mol. The summed E-state index contributed by atoms with van der Waals surface area (Å²) in [5.74, 6) is 1.49. The molecule has 118 valence electrons. The number of carbonyl (C=O) groups excluding carboxylic acids is 1. The van der Waals surface area contributed by atoms with E-state index in [1.54, 1.807) is 11.8 Å². The Balaban J connectivity index is 0.00000200. The van der Waals surface area contributed by atoms with E-state index in [0.717, 1.165) is 23.6 Å². The second-order valence-electron chi connectivity index (χ2n) is 4.09. The van der Waals surface area contributed by atoms with Crippen LogP contribution in [0.15, 0.2) is 24.4 Å². The summed E-state index contributed by atoms with van der Waals surface area (Å²) in [5.41, 5.74) is 6.13. The molecule has 21 heavy (non-hydrogen) atoms. The fourth-order valence-corrected chi connectivity index (χ4v) is 2.32. The maximum absolute atomic E-state index is 11.5. The number of carbonyl (C=O) groups is 1. The van der Waals surface area contributed by atoms with E-state index in [-0.39, 0.29) is 43.3 Å². The Morgan fingerprint density at radius 2 is 2.19 bits per heavy atom. The molecule has 0 aliphatic rings. The van der Waals surface area contributed by atoms with Gasteiger partial charge in [0.2, 0.25) is 5.91 Å². The normalized spacial score (nSPS) is 11.3. The van der Waals surface area contributed by atoms with E-state index in [1.165, 1.54) is 0 Å². The first kappa shape index (κ1) is 20.0. The van der Waals surface area contributed by atoms with Crippen LogP contribution in [0.25, 0.3) is 5.65 Å². The van der Waals surface area contributed by atoms with Gasteiger partial charge in [0, 0.05) is 6.20 Å². The lowest BCUT2D eigenvalue weighted by Gasteiger charge is -2.16. The Hall–Kier alpha value is -1.02. The third kappa shape index (κ3) is 5.03. The molecular formula is C12H19Cl2N5OS. The average molecular weight is 352 g/mol. The van der Waals surface area contributed by atoms with Crippen molar-refractivity contribution >= 4 is 48.1 Å². The molecule has 1 atom stereocenters. The van der Waals surface area contributed by atoms with Crippen LogP contribution in [0, 0.1) is 0 Å². The number of fused-ring (bicyclic) bond motifs is 1. The zero-order valence-electron chi connectivity index (χ0n) is 11.6. The Labute approximate surface area is 140 Å². The van der Waals surface area contributed by atoms with Crippen molar-refractivity contribution in [3.8, 4) is 0 Å². The molecule has 0 aromatic carbocycles. The van der Waals surface area contributed by atoms with Gasteiger partial charge >= 0.3 is 0 Å². The maximum Gasteiger partial charge on any atom is 0.234 e. The third-order valence-corrected chi connectivity index (χ3v) is 3.43. The Kier molecular flexibility index (Phi) is 9.36. The number of nitrogens with two attached hydrogens (primary N) is 1. The van der Waals surface area contributed by atoms with Gasteiger partial charge in [-0.15, -0.1) is 35.0 Å². The van der Waals surface area contributed by atoms with Crippen LogP contribution in [-0.4, -0.2) is 39.1 Å². The molecule has 0 spiro atoms. The molecule has 6 nitrogen and oxygen atoms in total. The number of nitrogens with zero attached hydrogens (tertiary/aromatic N) is 3. The zero-order valence-corrected chi connectivity index (χ0v) is 14.0. The van der Waals surface area contributed by atoms with E-state index in [9.17, 15) is 4.79 Å². The second kappa shape index (κ2) is 9.83. The molecular weight excluding hydrogens is 333 g/mol. The van der Waals surface area contributed by atoms with Gasteiger partial charge in [0.05, 0.1) is 12.6 Å². The number of thioether (sulfide) groups is 1. The molecule has 9 heteroatoms. The molecule has 3 N–H and O–H groups in total. The zero-order chi connectivity index (χ0) is 13.7. The van der Waals surface area contributed by atoms with Crippen molar-refractivity contribution in [1.82, 2.24) is 19.9 Å². The number of nitrogens with one attached hydrogen (secondary N) is 1. The Bertz CT molecular complexity index is 565. The minimum atomic E-state index is -0.182. The predicted octanol–water partition coefficient (Wildman–Crippen LogP) is 1.44. The topological polar surface area (TPSA) is 85.3 Å². The molecule has 2 aromatic heterocycles. The molecule has 0 radical (unpaired) electrons. The summed E-state index contributed by atoms with van der Waals surface area (Å²) in [7, 11) is 0. The molecule has 0 aliphatic carbocycles. The number of hydrogen-bond acceptors (Lipinski definition) is 5.